The lowest BCUT2D eigenvalue weighted by Crippen LogP contribution is -2.41. The molecule has 1 atom stereocenters. The molecule has 1 fully saturated rings. The smallest absolute Gasteiger partial charge is 0.321 e. The van der Waals surface area contributed by atoms with Crippen LogP contribution in [0.25, 0.3) is 0 Å². The van der Waals surface area contributed by atoms with Crippen molar-refractivity contribution in [3.8, 4) is 5.75 Å². The van der Waals surface area contributed by atoms with Gasteiger partial charge in [-0.1, -0.05) is 35.9 Å². The summed E-state index contributed by atoms with van der Waals surface area (Å²) in [6.07, 6.45) is 1.81. The fraction of sp³-hybridized carbons (Fsp3) is 0.318. The number of aromatic nitrogens is 2. The van der Waals surface area contributed by atoms with Crippen molar-refractivity contribution < 1.29 is 13.9 Å². The monoisotopic (exact) mass is 392 g/mol. The summed E-state index contributed by atoms with van der Waals surface area (Å²) in [7, 11) is 0. The second-order valence-corrected chi connectivity index (χ2v) is 7.22. The quantitative estimate of drug-likeness (QED) is 0.697. The highest BCUT2D eigenvalue weighted by Gasteiger charge is 2.28. The molecule has 29 heavy (non-hydrogen) atoms. The van der Waals surface area contributed by atoms with E-state index in [9.17, 15) is 4.79 Å². The lowest BCUT2D eigenvalue weighted by Gasteiger charge is -2.31. The first-order valence-electron chi connectivity index (χ1n) is 9.80. The third-order valence-electron chi connectivity index (χ3n) is 4.95. The van der Waals surface area contributed by atoms with E-state index in [-0.39, 0.29) is 18.6 Å². The minimum atomic E-state index is -0.106. The number of carbonyl (C=O) groups excluding carboxylic acids is 1. The number of para-hydroxylation sites is 1. The van der Waals surface area contributed by atoms with Gasteiger partial charge in [-0.2, -0.15) is 0 Å². The van der Waals surface area contributed by atoms with E-state index in [0.29, 0.717) is 24.9 Å². The van der Waals surface area contributed by atoms with Crippen molar-refractivity contribution in [1.29, 1.82) is 0 Å². The van der Waals surface area contributed by atoms with Crippen LogP contribution in [0.1, 0.15) is 36.1 Å². The number of likely N-dealkylation sites (tertiary alicyclic amines) is 1. The average Bonchev–Trinajstić information content (AvgIpc) is 3.24. The molecular formula is C22H24N4O3. The van der Waals surface area contributed by atoms with Crippen molar-refractivity contribution in [1.82, 2.24) is 15.1 Å². The number of carbonyl (C=O) groups is 1. The van der Waals surface area contributed by atoms with Crippen molar-refractivity contribution in [2.75, 3.05) is 18.4 Å². The molecule has 7 heteroatoms. The van der Waals surface area contributed by atoms with Gasteiger partial charge in [0.05, 0.1) is 5.92 Å². The van der Waals surface area contributed by atoms with E-state index in [1.165, 1.54) is 0 Å². The number of rotatable bonds is 5. The number of nitrogens with zero attached hydrogens (tertiary/aromatic N) is 3. The molecule has 1 aromatic heterocycles. The van der Waals surface area contributed by atoms with Crippen LogP contribution in [-0.4, -0.2) is 34.2 Å². The first kappa shape index (κ1) is 19.0. The summed E-state index contributed by atoms with van der Waals surface area (Å²) < 4.78 is 11.5. The van der Waals surface area contributed by atoms with E-state index in [2.05, 4.69) is 15.5 Å². The van der Waals surface area contributed by atoms with Gasteiger partial charge in [-0.3, -0.25) is 0 Å². The molecule has 0 saturated carbocycles. The first-order valence-corrected chi connectivity index (χ1v) is 9.80. The zero-order valence-corrected chi connectivity index (χ0v) is 16.4. The molecule has 7 nitrogen and oxygen atoms in total. The predicted octanol–water partition coefficient (Wildman–Crippen LogP) is 4.37. The van der Waals surface area contributed by atoms with Gasteiger partial charge in [0.25, 0.3) is 5.89 Å². The maximum Gasteiger partial charge on any atom is 0.321 e. The number of anilines is 1. The topological polar surface area (TPSA) is 80.5 Å². The average molecular weight is 392 g/mol. The minimum Gasteiger partial charge on any atom is -0.484 e. The molecule has 0 aliphatic carbocycles. The Balaban J connectivity index is 1.34. The summed E-state index contributed by atoms with van der Waals surface area (Å²) in [6, 6.07) is 17.2. The summed E-state index contributed by atoms with van der Waals surface area (Å²) >= 11 is 0. The van der Waals surface area contributed by atoms with Gasteiger partial charge in [0, 0.05) is 18.8 Å². The van der Waals surface area contributed by atoms with E-state index in [1.807, 2.05) is 61.5 Å². The lowest BCUT2D eigenvalue weighted by atomic mass is 9.98. The van der Waals surface area contributed by atoms with Crippen LogP contribution in [0.5, 0.6) is 5.75 Å². The molecule has 1 saturated heterocycles. The molecule has 4 rings (SSSR count). The zero-order valence-electron chi connectivity index (χ0n) is 16.4. The van der Waals surface area contributed by atoms with Crippen molar-refractivity contribution in [2.45, 2.75) is 32.3 Å². The normalized spacial score (nSPS) is 16.4. The van der Waals surface area contributed by atoms with Crippen molar-refractivity contribution in [3.63, 3.8) is 0 Å². The van der Waals surface area contributed by atoms with Gasteiger partial charge in [0.15, 0.2) is 6.61 Å². The summed E-state index contributed by atoms with van der Waals surface area (Å²) in [4.78, 5) is 14.4. The standard InChI is InChI=1S/C22H24N4O3/c1-16-9-11-18(12-10-16)23-22(27)26-13-5-6-17(14-26)21-25-24-20(29-21)15-28-19-7-3-2-4-8-19/h2-4,7-12,17H,5-6,13-15H2,1H3,(H,23,27). The van der Waals surface area contributed by atoms with E-state index in [0.717, 1.165) is 29.8 Å². The summed E-state index contributed by atoms with van der Waals surface area (Å²) in [5.74, 6) is 1.78. The van der Waals surface area contributed by atoms with E-state index >= 15 is 0 Å². The van der Waals surface area contributed by atoms with E-state index < -0.39 is 0 Å². The number of hydrogen-bond donors (Lipinski definition) is 1. The van der Waals surface area contributed by atoms with E-state index in [4.69, 9.17) is 9.15 Å². The molecule has 0 radical (unpaired) electrons. The van der Waals surface area contributed by atoms with Crippen LogP contribution in [0, 0.1) is 6.92 Å². The van der Waals surface area contributed by atoms with Gasteiger partial charge < -0.3 is 19.4 Å². The number of hydrogen-bond acceptors (Lipinski definition) is 5. The van der Waals surface area contributed by atoms with Crippen molar-refractivity contribution in [3.05, 3.63) is 71.9 Å². The number of amides is 2. The van der Waals surface area contributed by atoms with Crippen LogP contribution in [0.2, 0.25) is 0 Å². The fourth-order valence-corrected chi connectivity index (χ4v) is 3.35. The van der Waals surface area contributed by atoms with Crippen LogP contribution in [0.3, 0.4) is 0 Å². The zero-order chi connectivity index (χ0) is 20.1. The summed E-state index contributed by atoms with van der Waals surface area (Å²) in [5.41, 5.74) is 1.95. The molecule has 0 bridgehead atoms. The molecule has 1 N–H and O–H groups in total. The number of aryl methyl sites for hydroxylation is 1. The Morgan fingerprint density at radius 1 is 1.17 bits per heavy atom. The van der Waals surface area contributed by atoms with Gasteiger partial charge in [0.1, 0.15) is 5.75 Å². The van der Waals surface area contributed by atoms with Crippen LogP contribution in [0.4, 0.5) is 10.5 Å². The third kappa shape index (κ3) is 4.93. The number of piperidine rings is 1. The Bertz CT molecular complexity index is 940. The molecule has 1 unspecified atom stereocenters. The van der Waals surface area contributed by atoms with Crippen molar-refractivity contribution >= 4 is 11.7 Å². The third-order valence-corrected chi connectivity index (χ3v) is 4.95. The van der Waals surface area contributed by atoms with Crippen LogP contribution >= 0.6 is 0 Å². The highest BCUT2D eigenvalue weighted by atomic mass is 16.5. The maximum absolute atomic E-state index is 12.6. The molecule has 2 heterocycles. The number of benzene rings is 2. The van der Waals surface area contributed by atoms with Crippen LogP contribution in [0.15, 0.2) is 59.0 Å². The highest BCUT2D eigenvalue weighted by molar-refractivity contribution is 5.89. The molecule has 2 amide bonds. The summed E-state index contributed by atoms with van der Waals surface area (Å²) in [5, 5.41) is 11.2. The number of nitrogens with one attached hydrogen (secondary N) is 1. The largest absolute Gasteiger partial charge is 0.484 e. The van der Waals surface area contributed by atoms with Gasteiger partial charge >= 0.3 is 6.03 Å². The second kappa shape index (κ2) is 8.77. The molecule has 3 aromatic rings. The maximum atomic E-state index is 12.6. The Morgan fingerprint density at radius 3 is 2.76 bits per heavy atom. The first-order chi connectivity index (χ1) is 14.2. The fourth-order valence-electron chi connectivity index (χ4n) is 3.35. The predicted molar refractivity (Wildman–Crippen MR) is 109 cm³/mol. The molecule has 1 aliphatic rings. The minimum absolute atomic E-state index is 0.0329. The van der Waals surface area contributed by atoms with Gasteiger partial charge in [0.2, 0.25) is 5.89 Å². The summed E-state index contributed by atoms with van der Waals surface area (Å²) in [6.45, 7) is 3.51. The Hall–Kier alpha value is -3.35. The Labute approximate surface area is 169 Å². The molecular weight excluding hydrogens is 368 g/mol. The molecule has 0 spiro atoms. The van der Waals surface area contributed by atoms with Crippen LogP contribution in [-0.2, 0) is 6.61 Å². The van der Waals surface area contributed by atoms with Crippen LogP contribution < -0.4 is 10.1 Å². The number of urea groups is 1. The highest BCUT2D eigenvalue weighted by Crippen LogP contribution is 2.27. The molecule has 2 aromatic carbocycles. The molecule has 150 valence electrons. The van der Waals surface area contributed by atoms with E-state index in [1.54, 1.807) is 4.90 Å². The van der Waals surface area contributed by atoms with Gasteiger partial charge in [-0.15, -0.1) is 10.2 Å². The lowest BCUT2D eigenvalue weighted by molar-refractivity contribution is 0.184. The Morgan fingerprint density at radius 2 is 1.97 bits per heavy atom. The SMILES string of the molecule is Cc1ccc(NC(=O)N2CCCC(c3nnc(COc4ccccc4)o3)C2)cc1. The second-order valence-electron chi connectivity index (χ2n) is 7.22. The number of ether oxygens (including phenoxy) is 1. The van der Waals surface area contributed by atoms with Crippen molar-refractivity contribution in [2.24, 2.45) is 0 Å². The Kier molecular flexibility index (Phi) is 5.74. The van der Waals surface area contributed by atoms with Gasteiger partial charge in [-0.05, 0) is 44.0 Å². The molecule has 1 aliphatic heterocycles. The van der Waals surface area contributed by atoms with Gasteiger partial charge in [-0.25, -0.2) is 4.79 Å².